The van der Waals surface area contributed by atoms with Gasteiger partial charge in [0.15, 0.2) is 0 Å². The summed E-state index contributed by atoms with van der Waals surface area (Å²) in [5.41, 5.74) is -0.724. The molecule has 166 valence electrons. The van der Waals surface area contributed by atoms with E-state index in [2.05, 4.69) is 5.32 Å². The fourth-order valence-corrected chi connectivity index (χ4v) is 2.78. The topological polar surface area (TPSA) is 67.9 Å². The highest BCUT2D eigenvalue weighted by molar-refractivity contribution is 5.98. The summed E-state index contributed by atoms with van der Waals surface area (Å²) in [7, 11) is 3.00. The molecule has 0 bridgehead atoms. The molecule has 0 aliphatic rings. The van der Waals surface area contributed by atoms with Gasteiger partial charge in [-0.15, -0.1) is 0 Å². The van der Waals surface area contributed by atoms with Crippen LogP contribution in [0.15, 0.2) is 48.5 Å². The number of rotatable bonds is 8. The maximum Gasteiger partial charge on any atom is 0.418 e. The quantitative estimate of drug-likeness (QED) is 0.629. The number of para-hydroxylation sites is 1. The van der Waals surface area contributed by atoms with Gasteiger partial charge >= 0.3 is 6.18 Å². The highest BCUT2D eigenvalue weighted by atomic mass is 19.4. The van der Waals surface area contributed by atoms with E-state index >= 15 is 0 Å². The van der Waals surface area contributed by atoms with E-state index in [0.717, 1.165) is 12.1 Å². The monoisotopic (exact) mass is 436 g/mol. The van der Waals surface area contributed by atoms with Gasteiger partial charge in [-0.3, -0.25) is 9.59 Å². The maximum absolute atomic E-state index is 13.1. The summed E-state index contributed by atoms with van der Waals surface area (Å²) in [6, 6.07) is 9.73. The standard InChI is InChI=1S/C22H23F3N2O4/c1-4-27(14-20(28)26-18-8-6-5-7-17(18)22(23,24)25)21(29)12-9-15-13-16(30-2)10-11-19(15)31-3/h5-13H,4,14H2,1-3H3,(H,26,28)/b12-9+. The lowest BCUT2D eigenvalue weighted by atomic mass is 10.1. The van der Waals surface area contributed by atoms with Crippen molar-refractivity contribution < 1.29 is 32.2 Å². The van der Waals surface area contributed by atoms with E-state index in [9.17, 15) is 22.8 Å². The van der Waals surface area contributed by atoms with Crippen LogP contribution in [-0.2, 0) is 15.8 Å². The van der Waals surface area contributed by atoms with Crippen LogP contribution in [0.4, 0.5) is 18.9 Å². The first-order valence-electron chi connectivity index (χ1n) is 9.34. The number of alkyl halides is 3. The lowest BCUT2D eigenvalue weighted by Crippen LogP contribution is -2.37. The Morgan fingerprint density at radius 3 is 2.42 bits per heavy atom. The van der Waals surface area contributed by atoms with Gasteiger partial charge in [0.2, 0.25) is 11.8 Å². The van der Waals surface area contributed by atoms with Crippen molar-refractivity contribution >= 4 is 23.6 Å². The van der Waals surface area contributed by atoms with Gasteiger partial charge < -0.3 is 19.7 Å². The van der Waals surface area contributed by atoms with Crippen LogP contribution in [0.2, 0.25) is 0 Å². The molecule has 0 radical (unpaired) electrons. The molecule has 6 nitrogen and oxygen atoms in total. The van der Waals surface area contributed by atoms with Crippen molar-refractivity contribution in [2.24, 2.45) is 0 Å². The van der Waals surface area contributed by atoms with Gasteiger partial charge in [0.1, 0.15) is 18.0 Å². The average molecular weight is 436 g/mol. The van der Waals surface area contributed by atoms with E-state index in [1.54, 1.807) is 25.1 Å². The molecule has 2 aromatic rings. The van der Waals surface area contributed by atoms with E-state index in [1.807, 2.05) is 0 Å². The molecule has 2 aromatic carbocycles. The number of amides is 2. The summed E-state index contributed by atoms with van der Waals surface area (Å²) >= 11 is 0. The molecule has 0 saturated carbocycles. The van der Waals surface area contributed by atoms with Crippen molar-refractivity contribution in [1.82, 2.24) is 4.90 Å². The third kappa shape index (κ3) is 6.50. The Kier molecular flexibility index (Phi) is 8.07. The lowest BCUT2D eigenvalue weighted by molar-refractivity contribution is -0.137. The van der Waals surface area contributed by atoms with Gasteiger partial charge in [-0.05, 0) is 43.3 Å². The Labute approximate surface area is 178 Å². The highest BCUT2D eigenvalue weighted by Gasteiger charge is 2.33. The molecule has 0 heterocycles. The van der Waals surface area contributed by atoms with Crippen molar-refractivity contribution in [2.45, 2.75) is 13.1 Å². The Morgan fingerprint density at radius 1 is 1.10 bits per heavy atom. The van der Waals surface area contributed by atoms with Crippen LogP contribution < -0.4 is 14.8 Å². The van der Waals surface area contributed by atoms with E-state index in [0.29, 0.717) is 17.1 Å². The van der Waals surface area contributed by atoms with Crippen LogP contribution in [0, 0.1) is 0 Å². The molecule has 0 saturated heterocycles. The Hall–Kier alpha value is -3.49. The third-order valence-corrected chi connectivity index (χ3v) is 4.38. The van der Waals surface area contributed by atoms with Gasteiger partial charge in [0.25, 0.3) is 0 Å². The predicted molar refractivity (Wildman–Crippen MR) is 111 cm³/mol. The van der Waals surface area contributed by atoms with E-state index in [1.165, 1.54) is 43.4 Å². The summed E-state index contributed by atoms with van der Waals surface area (Å²) in [6.45, 7) is 1.45. The van der Waals surface area contributed by atoms with Crippen molar-refractivity contribution in [2.75, 3.05) is 32.6 Å². The second kappa shape index (κ2) is 10.5. The van der Waals surface area contributed by atoms with E-state index in [4.69, 9.17) is 9.47 Å². The van der Waals surface area contributed by atoms with Crippen molar-refractivity contribution in [3.05, 3.63) is 59.7 Å². The van der Waals surface area contributed by atoms with E-state index < -0.39 is 30.1 Å². The number of carbonyl (C=O) groups excluding carboxylic acids is 2. The van der Waals surface area contributed by atoms with Gasteiger partial charge in [0.05, 0.1) is 25.5 Å². The first-order valence-corrected chi connectivity index (χ1v) is 9.34. The minimum absolute atomic E-state index is 0.187. The summed E-state index contributed by atoms with van der Waals surface area (Å²) in [4.78, 5) is 26.0. The number of hydrogen-bond acceptors (Lipinski definition) is 4. The third-order valence-electron chi connectivity index (χ3n) is 4.38. The smallest absolute Gasteiger partial charge is 0.418 e. The van der Waals surface area contributed by atoms with Gasteiger partial charge in [0, 0.05) is 18.2 Å². The molecular weight excluding hydrogens is 413 g/mol. The Balaban J connectivity index is 2.11. The zero-order valence-corrected chi connectivity index (χ0v) is 17.3. The molecule has 0 aromatic heterocycles. The van der Waals surface area contributed by atoms with Gasteiger partial charge in [-0.1, -0.05) is 12.1 Å². The van der Waals surface area contributed by atoms with Crippen LogP contribution in [0.5, 0.6) is 11.5 Å². The molecule has 0 fully saturated rings. The molecule has 0 atom stereocenters. The molecule has 9 heteroatoms. The molecule has 2 rings (SSSR count). The average Bonchev–Trinajstić information content (AvgIpc) is 2.75. The van der Waals surface area contributed by atoms with Crippen molar-refractivity contribution in [1.29, 1.82) is 0 Å². The number of halogens is 3. The second-order valence-corrected chi connectivity index (χ2v) is 6.39. The predicted octanol–water partition coefficient (Wildman–Crippen LogP) is 4.22. The number of nitrogens with zero attached hydrogens (tertiary/aromatic N) is 1. The molecule has 1 N–H and O–H groups in total. The number of anilines is 1. The first-order chi connectivity index (χ1) is 14.7. The highest BCUT2D eigenvalue weighted by Crippen LogP contribution is 2.34. The normalized spacial score (nSPS) is 11.3. The number of carbonyl (C=O) groups is 2. The molecule has 0 aliphatic carbocycles. The molecule has 31 heavy (non-hydrogen) atoms. The lowest BCUT2D eigenvalue weighted by Gasteiger charge is -2.20. The fourth-order valence-electron chi connectivity index (χ4n) is 2.78. The Morgan fingerprint density at radius 2 is 1.81 bits per heavy atom. The van der Waals surface area contributed by atoms with E-state index in [-0.39, 0.29) is 12.2 Å². The SMILES string of the molecule is CCN(CC(=O)Nc1ccccc1C(F)(F)F)C(=O)/C=C/c1cc(OC)ccc1OC. The van der Waals surface area contributed by atoms with Crippen LogP contribution in [0.1, 0.15) is 18.1 Å². The number of hydrogen-bond donors (Lipinski definition) is 1. The largest absolute Gasteiger partial charge is 0.497 e. The molecule has 0 aliphatic heterocycles. The molecule has 0 unspecified atom stereocenters. The molecule has 2 amide bonds. The van der Waals surface area contributed by atoms with Crippen LogP contribution in [0.25, 0.3) is 6.08 Å². The zero-order chi connectivity index (χ0) is 23.0. The molecule has 0 spiro atoms. The maximum atomic E-state index is 13.1. The number of nitrogens with one attached hydrogen (secondary N) is 1. The van der Waals surface area contributed by atoms with Crippen LogP contribution in [0.3, 0.4) is 0 Å². The minimum Gasteiger partial charge on any atom is -0.497 e. The summed E-state index contributed by atoms with van der Waals surface area (Å²) in [5, 5.41) is 2.23. The van der Waals surface area contributed by atoms with Crippen molar-refractivity contribution in [3.63, 3.8) is 0 Å². The minimum atomic E-state index is -4.61. The first kappa shape index (κ1) is 23.8. The van der Waals surface area contributed by atoms with Crippen LogP contribution >= 0.6 is 0 Å². The number of ether oxygens (including phenoxy) is 2. The van der Waals surface area contributed by atoms with Gasteiger partial charge in [-0.2, -0.15) is 13.2 Å². The number of benzene rings is 2. The summed E-state index contributed by atoms with van der Waals surface area (Å²) in [5.74, 6) is -0.122. The molecular formula is C22H23F3N2O4. The summed E-state index contributed by atoms with van der Waals surface area (Å²) in [6.07, 6.45) is -1.83. The Bertz CT molecular complexity index is 958. The number of methoxy groups -OCH3 is 2. The van der Waals surface area contributed by atoms with Gasteiger partial charge in [-0.25, -0.2) is 0 Å². The fraction of sp³-hybridized carbons (Fsp3) is 0.273. The second-order valence-electron chi connectivity index (χ2n) is 6.39. The zero-order valence-electron chi connectivity index (χ0n) is 17.3. The van der Waals surface area contributed by atoms with Crippen LogP contribution in [-0.4, -0.2) is 44.0 Å². The summed E-state index contributed by atoms with van der Waals surface area (Å²) < 4.78 is 49.7. The number of likely N-dealkylation sites (N-methyl/N-ethyl adjacent to an activating group) is 1. The van der Waals surface area contributed by atoms with Crippen molar-refractivity contribution in [3.8, 4) is 11.5 Å².